The summed E-state index contributed by atoms with van der Waals surface area (Å²) in [6.07, 6.45) is -0.117. The molecule has 2 aliphatic heterocycles. The second kappa shape index (κ2) is 5.62. The summed E-state index contributed by atoms with van der Waals surface area (Å²) in [7, 11) is -3.51. The first-order chi connectivity index (χ1) is 10.6. The Bertz CT molecular complexity index is 662. The summed E-state index contributed by atoms with van der Waals surface area (Å²) in [6, 6.07) is 2.50. The standard InChI is InChI=1S/C14H17F3N2O3S/c1-23(20,21)22-12-6-10-3-4-11(7-12)19(10)13-5-2-9(8-18-13)14(15,16)17/h2,5,8,10-12H,3-4,6-7H2,1H3/t10-,11+,12+. The summed E-state index contributed by atoms with van der Waals surface area (Å²) < 4.78 is 65.4. The van der Waals surface area contributed by atoms with E-state index in [0.717, 1.165) is 31.4 Å². The Hall–Kier alpha value is -1.35. The number of halogens is 3. The van der Waals surface area contributed by atoms with Gasteiger partial charge in [-0.05, 0) is 37.8 Å². The van der Waals surface area contributed by atoms with E-state index in [2.05, 4.69) is 4.98 Å². The summed E-state index contributed by atoms with van der Waals surface area (Å²) in [5.74, 6) is 0.503. The first-order valence-electron chi connectivity index (χ1n) is 7.33. The van der Waals surface area contributed by atoms with Crippen LogP contribution in [0.3, 0.4) is 0 Å². The number of aromatic nitrogens is 1. The summed E-state index contributed by atoms with van der Waals surface area (Å²) in [5, 5.41) is 0. The average molecular weight is 350 g/mol. The predicted octanol–water partition coefficient (Wildman–Crippen LogP) is 2.58. The van der Waals surface area contributed by atoms with E-state index in [9.17, 15) is 21.6 Å². The van der Waals surface area contributed by atoms with Crippen molar-refractivity contribution in [2.75, 3.05) is 11.2 Å². The van der Waals surface area contributed by atoms with Gasteiger partial charge in [-0.3, -0.25) is 4.18 Å². The molecule has 1 aromatic heterocycles. The van der Waals surface area contributed by atoms with Gasteiger partial charge in [-0.1, -0.05) is 0 Å². The van der Waals surface area contributed by atoms with Gasteiger partial charge in [0.1, 0.15) is 5.82 Å². The number of hydrogen-bond acceptors (Lipinski definition) is 5. The van der Waals surface area contributed by atoms with Crippen LogP contribution in [0.4, 0.5) is 19.0 Å². The topological polar surface area (TPSA) is 59.5 Å². The first-order valence-corrected chi connectivity index (χ1v) is 9.15. The fourth-order valence-corrected chi connectivity index (χ4v) is 4.18. The van der Waals surface area contributed by atoms with Crippen LogP contribution in [0.5, 0.6) is 0 Å². The molecule has 3 rings (SSSR count). The Kier molecular flexibility index (Phi) is 4.04. The van der Waals surface area contributed by atoms with Crippen LogP contribution in [0.1, 0.15) is 31.2 Å². The molecule has 1 aromatic rings. The van der Waals surface area contributed by atoms with E-state index in [1.807, 2.05) is 4.90 Å². The molecule has 0 saturated carbocycles. The number of hydrogen-bond donors (Lipinski definition) is 0. The molecule has 0 aromatic carbocycles. The van der Waals surface area contributed by atoms with Gasteiger partial charge in [0.25, 0.3) is 10.1 Å². The van der Waals surface area contributed by atoms with Crippen LogP contribution in [-0.4, -0.2) is 37.8 Å². The van der Waals surface area contributed by atoms with Crippen LogP contribution < -0.4 is 4.90 Å². The Morgan fingerprint density at radius 1 is 1.22 bits per heavy atom. The molecule has 0 spiro atoms. The fourth-order valence-electron chi connectivity index (χ4n) is 3.53. The summed E-state index contributed by atoms with van der Waals surface area (Å²) in [6.45, 7) is 0. The lowest BCUT2D eigenvalue weighted by Gasteiger charge is -2.39. The normalized spacial score (nSPS) is 28.2. The molecule has 0 amide bonds. The molecule has 5 nitrogen and oxygen atoms in total. The van der Waals surface area contributed by atoms with Crippen LogP contribution in [0, 0.1) is 0 Å². The minimum atomic E-state index is -4.40. The third-order valence-electron chi connectivity index (χ3n) is 4.34. The maximum absolute atomic E-state index is 12.6. The SMILES string of the molecule is CS(=O)(=O)O[C@H]1C[C@H]2CC[C@@H](C1)N2c1ccc(C(F)(F)F)cn1. The molecule has 9 heteroatoms. The highest BCUT2D eigenvalue weighted by molar-refractivity contribution is 7.86. The molecule has 0 N–H and O–H groups in total. The minimum Gasteiger partial charge on any atom is -0.350 e. The van der Waals surface area contributed by atoms with Crippen molar-refractivity contribution in [2.45, 2.75) is 50.0 Å². The maximum atomic E-state index is 12.6. The van der Waals surface area contributed by atoms with Crippen molar-refractivity contribution >= 4 is 15.9 Å². The van der Waals surface area contributed by atoms with Crippen molar-refractivity contribution < 1.29 is 25.8 Å². The second-order valence-corrected chi connectivity index (χ2v) is 7.69. The number of pyridine rings is 1. The van der Waals surface area contributed by atoms with Gasteiger partial charge < -0.3 is 4.90 Å². The second-order valence-electron chi connectivity index (χ2n) is 6.09. The average Bonchev–Trinajstić information content (AvgIpc) is 2.68. The molecule has 2 aliphatic rings. The molecular weight excluding hydrogens is 333 g/mol. The van der Waals surface area contributed by atoms with Crippen molar-refractivity contribution in [3.63, 3.8) is 0 Å². The van der Waals surface area contributed by atoms with Crippen LogP contribution >= 0.6 is 0 Å². The lowest BCUT2D eigenvalue weighted by atomic mass is 10.00. The molecule has 0 aliphatic carbocycles. The van der Waals surface area contributed by atoms with E-state index in [1.54, 1.807) is 0 Å². The lowest BCUT2D eigenvalue weighted by Crippen LogP contribution is -2.46. The molecule has 2 saturated heterocycles. The Morgan fingerprint density at radius 3 is 2.26 bits per heavy atom. The lowest BCUT2D eigenvalue weighted by molar-refractivity contribution is -0.137. The number of rotatable bonds is 3. The fraction of sp³-hybridized carbons (Fsp3) is 0.643. The van der Waals surface area contributed by atoms with E-state index in [1.165, 1.54) is 6.07 Å². The molecule has 2 fully saturated rings. The molecule has 128 valence electrons. The van der Waals surface area contributed by atoms with Gasteiger partial charge in [0, 0.05) is 18.3 Å². The predicted molar refractivity (Wildman–Crippen MR) is 77.5 cm³/mol. The van der Waals surface area contributed by atoms with E-state index in [-0.39, 0.29) is 18.2 Å². The van der Waals surface area contributed by atoms with Crippen LogP contribution in [-0.2, 0) is 20.5 Å². The van der Waals surface area contributed by atoms with Gasteiger partial charge in [0.15, 0.2) is 0 Å². The molecule has 0 radical (unpaired) electrons. The minimum absolute atomic E-state index is 0.0461. The molecule has 3 atom stereocenters. The van der Waals surface area contributed by atoms with Crippen LogP contribution in [0.2, 0.25) is 0 Å². The van der Waals surface area contributed by atoms with E-state index in [0.29, 0.717) is 18.7 Å². The third kappa shape index (κ3) is 3.60. The Labute approximate surface area is 132 Å². The maximum Gasteiger partial charge on any atom is 0.417 e. The number of nitrogens with zero attached hydrogens (tertiary/aromatic N) is 2. The number of alkyl halides is 3. The van der Waals surface area contributed by atoms with Gasteiger partial charge in [0.2, 0.25) is 0 Å². The van der Waals surface area contributed by atoms with Crippen LogP contribution in [0.25, 0.3) is 0 Å². The van der Waals surface area contributed by atoms with Gasteiger partial charge in [-0.25, -0.2) is 4.98 Å². The van der Waals surface area contributed by atoms with Gasteiger partial charge >= 0.3 is 6.18 Å². The van der Waals surface area contributed by atoms with E-state index < -0.39 is 21.9 Å². The number of piperidine rings is 1. The highest BCUT2D eigenvalue weighted by Gasteiger charge is 2.43. The Balaban J connectivity index is 1.76. The van der Waals surface area contributed by atoms with Gasteiger partial charge in [-0.15, -0.1) is 0 Å². The number of anilines is 1. The highest BCUT2D eigenvalue weighted by Crippen LogP contribution is 2.40. The van der Waals surface area contributed by atoms with Crippen molar-refractivity contribution in [2.24, 2.45) is 0 Å². The highest BCUT2D eigenvalue weighted by atomic mass is 32.2. The van der Waals surface area contributed by atoms with Gasteiger partial charge in [-0.2, -0.15) is 21.6 Å². The molecule has 23 heavy (non-hydrogen) atoms. The molecule has 0 unspecified atom stereocenters. The molecule has 2 bridgehead atoms. The largest absolute Gasteiger partial charge is 0.417 e. The van der Waals surface area contributed by atoms with Crippen LogP contribution in [0.15, 0.2) is 18.3 Å². The first kappa shape index (κ1) is 16.5. The van der Waals surface area contributed by atoms with Gasteiger partial charge in [0.05, 0.1) is 17.9 Å². The molecular formula is C14H17F3N2O3S. The zero-order valence-electron chi connectivity index (χ0n) is 12.5. The van der Waals surface area contributed by atoms with Crippen molar-refractivity contribution in [3.8, 4) is 0 Å². The summed E-state index contributed by atoms with van der Waals surface area (Å²) >= 11 is 0. The number of fused-ring (bicyclic) bond motifs is 2. The quantitative estimate of drug-likeness (QED) is 0.784. The Morgan fingerprint density at radius 2 is 1.83 bits per heavy atom. The zero-order chi connectivity index (χ0) is 16.8. The van der Waals surface area contributed by atoms with Crippen molar-refractivity contribution in [1.82, 2.24) is 4.98 Å². The summed E-state index contributed by atoms with van der Waals surface area (Å²) in [4.78, 5) is 5.96. The molecule has 3 heterocycles. The third-order valence-corrected chi connectivity index (χ3v) is 4.96. The van der Waals surface area contributed by atoms with E-state index >= 15 is 0 Å². The zero-order valence-corrected chi connectivity index (χ0v) is 13.3. The van der Waals surface area contributed by atoms with E-state index in [4.69, 9.17) is 4.18 Å². The summed E-state index contributed by atoms with van der Waals surface area (Å²) in [5.41, 5.74) is -0.774. The van der Waals surface area contributed by atoms with Crippen molar-refractivity contribution in [1.29, 1.82) is 0 Å². The smallest absolute Gasteiger partial charge is 0.350 e. The monoisotopic (exact) mass is 350 g/mol. The van der Waals surface area contributed by atoms with Crippen molar-refractivity contribution in [3.05, 3.63) is 23.9 Å².